The first kappa shape index (κ1) is 14.0. The van der Waals surface area contributed by atoms with Crippen LogP contribution in [0.15, 0.2) is 13.6 Å². The summed E-state index contributed by atoms with van der Waals surface area (Å²) in [6, 6.07) is 1.82. The van der Waals surface area contributed by atoms with Gasteiger partial charge in [0.1, 0.15) is 0 Å². The first-order chi connectivity index (χ1) is 8.49. The van der Waals surface area contributed by atoms with Crippen molar-refractivity contribution in [3.8, 4) is 0 Å². The summed E-state index contributed by atoms with van der Waals surface area (Å²) in [6.07, 6.45) is 1.31. The van der Waals surface area contributed by atoms with Crippen LogP contribution in [0.5, 0.6) is 0 Å². The lowest BCUT2D eigenvalue weighted by Crippen LogP contribution is -2.41. The molecule has 1 aliphatic heterocycles. The Hall–Kier alpha value is -0.400. The van der Waals surface area contributed by atoms with Crippen LogP contribution in [0, 0.1) is 5.92 Å². The standard InChI is InChI=1S/C11H12Br2N2O2S/c12-8-5-7(9(13)18-8)11(17)15-3-1-6(2-4-15)10(14)16/h5-6H,1-4H2,(H2,14,16). The lowest BCUT2D eigenvalue weighted by atomic mass is 9.96. The van der Waals surface area contributed by atoms with E-state index in [1.54, 1.807) is 4.90 Å². The van der Waals surface area contributed by atoms with Gasteiger partial charge >= 0.3 is 0 Å². The molecule has 18 heavy (non-hydrogen) atoms. The van der Waals surface area contributed by atoms with Gasteiger partial charge in [-0.3, -0.25) is 9.59 Å². The largest absolute Gasteiger partial charge is 0.369 e. The Balaban J connectivity index is 2.04. The van der Waals surface area contributed by atoms with E-state index in [0.29, 0.717) is 31.5 Å². The molecule has 0 bridgehead atoms. The van der Waals surface area contributed by atoms with Crippen LogP contribution in [0.4, 0.5) is 0 Å². The van der Waals surface area contributed by atoms with Crippen molar-refractivity contribution < 1.29 is 9.59 Å². The van der Waals surface area contributed by atoms with Gasteiger partial charge in [0.2, 0.25) is 5.91 Å². The van der Waals surface area contributed by atoms with Gasteiger partial charge in [0.25, 0.3) is 5.91 Å². The second kappa shape index (κ2) is 5.71. The van der Waals surface area contributed by atoms with E-state index in [-0.39, 0.29) is 17.7 Å². The average molecular weight is 396 g/mol. The molecule has 0 aromatic carbocycles. The van der Waals surface area contributed by atoms with Crippen LogP contribution in [0.1, 0.15) is 23.2 Å². The number of hydrogen-bond donors (Lipinski definition) is 1. The van der Waals surface area contributed by atoms with E-state index in [9.17, 15) is 9.59 Å². The summed E-state index contributed by atoms with van der Waals surface area (Å²) in [5.41, 5.74) is 5.94. The monoisotopic (exact) mass is 394 g/mol. The summed E-state index contributed by atoms with van der Waals surface area (Å²) in [5.74, 6) is -0.347. The molecule has 0 aliphatic carbocycles. The molecule has 0 unspecified atom stereocenters. The fraction of sp³-hybridized carbons (Fsp3) is 0.455. The van der Waals surface area contributed by atoms with E-state index in [1.165, 1.54) is 11.3 Å². The van der Waals surface area contributed by atoms with Crippen molar-refractivity contribution in [1.29, 1.82) is 0 Å². The Labute approximate surface area is 126 Å². The normalized spacial score (nSPS) is 16.9. The molecule has 0 atom stereocenters. The molecular weight excluding hydrogens is 384 g/mol. The summed E-state index contributed by atoms with van der Waals surface area (Å²) in [4.78, 5) is 25.1. The maximum absolute atomic E-state index is 12.3. The second-order valence-corrected chi connectivity index (χ2v) is 7.96. The molecule has 2 rings (SSSR count). The molecule has 1 aliphatic rings. The number of nitrogens with zero attached hydrogens (tertiary/aromatic N) is 1. The molecular formula is C11H12Br2N2O2S. The molecule has 0 spiro atoms. The molecule has 4 nitrogen and oxygen atoms in total. The molecule has 1 fully saturated rings. The van der Waals surface area contributed by atoms with Gasteiger partial charge < -0.3 is 10.6 Å². The highest BCUT2D eigenvalue weighted by atomic mass is 79.9. The summed E-state index contributed by atoms with van der Waals surface area (Å²) in [6.45, 7) is 1.18. The predicted molar refractivity (Wildman–Crippen MR) is 77.5 cm³/mol. The molecule has 0 saturated carbocycles. The number of likely N-dealkylation sites (tertiary alicyclic amines) is 1. The van der Waals surface area contributed by atoms with Crippen LogP contribution in [-0.2, 0) is 4.79 Å². The highest BCUT2D eigenvalue weighted by Gasteiger charge is 2.27. The Morgan fingerprint density at radius 1 is 1.33 bits per heavy atom. The number of hydrogen-bond acceptors (Lipinski definition) is 3. The number of carbonyl (C=O) groups excluding carboxylic acids is 2. The Morgan fingerprint density at radius 3 is 2.39 bits per heavy atom. The third kappa shape index (κ3) is 2.95. The zero-order valence-corrected chi connectivity index (χ0v) is 13.5. The molecule has 2 heterocycles. The van der Waals surface area contributed by atoms with Gasteiger partial charge in [0.15, 0.2) is 0 Å². The lowest BCUT2D eigenvalue weighted by Gasteiger charge is -2.30. The first-order valence-corrected chi connectivity index (χ1v) is 7.92. The minimum Gasteiger partial charge on any atom is -0.369 e. The summed E-state index contributed by atoms with van der Waals surface area (Å²) in [7, 11) is 0. The number of piperidine rings is 1. The minimum atomic E-state index is -0.262. The van der Waals surface area contributed by atoms with Crippen LogP contribution in [0.2, 0.25) is 0 Å². The quantitative estimate of drug-likeness (QED) is 0.836. The summed E-state index contributed by atoms with van der Waals surface area (Å²) in [5, 5.41) is 0. The summed E-state index contributed by atoms with van der Waals surface area (Å²) >= 11 is 8.23. The average Bonchev–Trinajstić information content (AvgIpc) is 2.67. The van der Waals surface area contributed by atoms with Gasteiger partial charge in [-0.15, -0.1) is 11.3 Å². The summed E-state index contributed by atoms with van der Waals surface area (Å²) < 4.78 is 1.75. The van der Waals surface area contributed by atoms with E-state index in [2.05, 4.69) is 31.9 Å². The van der Waals surface area contributed by atoms with Gasteiger partial charge in [0.05, 0.1) is 13.1 Å². The van der Waals surface area contributed by atoms with Gasteiger partial charge in [-0.05, 0) is 50.8 Å². The zero-order chi connectivity index (χ0) is 13.3. The van der Waals surface area contributed by atoms with Crippen molar-refractivity contribution in [3.63, 3.8) is 0 Å². The van der Waals surface area contributed by atoms with Gasteiger partial charge in [-0.1, -0.05) is 0 Å². The molecule has 2 N–H and O–H groups in total. The van der Waals surface area contributed by atoms with Crippen molar-refractivity contribution in [2.75, 3.05) is 13.1 Å². The van der Waals surface area contributed by atoms with Crippen LogP contribution < -0.4 is 5.73 Å². The number of primary amides is 1. The van der Waals surface area contributed by atoms with E-state index in [1.807, 2.05) is 6.07 Å². The van der Waals surface area contributed by atoms with Crippen molar-refractivity contribution in [1.82, 2.24) is 4.90 Å². The van der Waals surface area contributed by atoms with E-state index in [0.717, 1.165) is 7.57 Å². The fourth-order valence-corrected chi connectivity index (χ4v) is 4.80. The third-order valence-electron chi connectivity index (χ3n) is 3.07. The third-order valence-corrected chi connectivity index (χ3v) is 5.41. The van der Waals surface area contributed by atoms with Gasteiger partial charge in [-0.2, -0.15) is 0 Å². The number of thiophene rings is 1. The molecule has 0 radical (unpaired) electrons. The number of halogens is 2. The number of amides is 2. The van der Waals surface area contributed by atoms with Gasteiger partial charge in [0, 0.05) is 19.0 Å². The minimum absolute atomic E-state index is 0.00625. The Bertz CT molecular complexity index is 481. The molecule has 98 valence electrons. The molecule has 7 heteroatoms. The highest BCUT2D eigenvalue weighted by Crippen LogP contribution is 2.33. The van der Waals surface area contributed by atoms with Crippen molar-refractivity contribution in [2.24, 2.45) is 11.7 Å². The zero-order valence-electron chi connectivity index (χ0n) is 9.49. The fourth-order valence-electron chi connectivity index (χ4n) is 2.02. The number of carbonyl (C=O) groups is 2. The lowest BCUT2D eigenvalue weighted by molar-refractivity contribution is -0.123. The van der Waals surface area contributed by atoms with Crippen molar-refractivity contribution in [3.05, 3.63) is 19.2 Å². The number of nitrogens with two attached hydrogens (primary N) is 1. The number of rotatable bonds is 2. The Kier molecular flexibility index (Phi) is 4.45. The predicted octanol–water partition coefficient (Wildman–Crippen LogP) is 2.61. The molecule has 1 saturated heterocycles. The van der Waals surface area contributed by atoms with E-state index in [4.69, 9.17) is 5.73 Å². The van der Waals surface area contributed by atoms with Gasteiger partial charge in [-0.25, -0.2) is 0 Å². The van der Waals surface area contributed by atoms with Crippen LogP contribution in [-0.4, -0.2) is 29.8 Å². The molecule has 2 amide bonds. The van der Waals surface area contributed by atoms with Crippen LogP contribution >= 0.6 is 43.2 Å². The SMILES string of the molecule is NC(=O)C1CCN(C(=O)c2cc(Br)sc2Br)CC1. The van der Waals surface area contributed by atoms with E-state index < -0.39 is 0 Å². The van der Waals surface area contributed by atoms with Crippen molar-refractivity contribution in [2.45, 2.75) is 12.8 Å². The highest BCUT2D eigenvalue weighted by molar-refractivity contribution is 9.12. The van der Waals surface area contributed by atoms with Crippen LogP contribution in [0.3, 0.4) is 0 Å². The second-order valence-electron chi connectivity index (χ2n) is 4.21. The maximum Gasteiger partial charge on any atom is 0.255 e. The topological polar surface area (TPSA) is 63.4 Å². The smallest absolute Gasteiger partial charge is 0.255 e. The van der Waals surface area contributed by atoms with E-state index >= 15 is 0 Å². The maximum atomic E-state index is 12.3. The van der Waals surface area contributed by atoms with Crippen molar-refractivity contribution >= 4 is 55.0 Å². The molecule has 1 aromatic heterocycles. The van der Waals surface area contributed by atoms with Crippen LogP contribution in [0.25, 0.3) is 0 Å². The Morgan fingerprint density at radius 2 is 1.94 bits per heavy atom. The molecule has 1 aromatic rings. The first-order valence-electron chi connectivity index (χ1n) is 5.52.